The zero-order valence-corrected chi connectivity index (χ0v) is 11.5. The van der Waals surface area contributed by atoms with Crippen molar-refractivity contribution in [3.05, 3.63) is 29.6 Å². The van der Waals surface area contributed by atoms with Gasteiger partial charge < -0.3 is 5.32 Å². The van der Waals surface area contributed by atoms with E-state index < -0.39 is 15.8 Å². The van der Waals surface area contributed by atoms with Crippen LogP contribution in [0.15, 0.2) is 23.1 Å². The van der Waals surface area contributed by atoms with Crippen LogP contribution in [0.4, 0.5) is 4.39 Å². The predicted molar refractivity (Wildman–Crippen MR) is 69.3 cm³/mol. The molecule has 0 aliphatic carbocycles. The number of halogens is 1. The molecule has 1 aromatic rings. The summed E-state index contributed by atoms with van der Waals surface area (Å²) in [4.78, 5) is -0.293. The van der Waals surface area contributed by atoms with E-state index in [0.717, 1.165) is 12.8 Å². The van der Waals surface area contributed by atoms with Gasteiger partial charge >= 0.3 is 0 Å². The molecular weight excluding hydrogens is 255 g/mol. The molecule has 0 aliphatic heterocycles. The summed E-state index contributed by atoms with van der Waals surface area (Å²) in [5.74, 6) is -0.716. The number of unbranched alkanes of at least 4 members (excludes halogenated alkanes) is 1. The summed E-state index contributed by atoms with van der Waals surface area (Å²) >= 11 is 0. The van der Waals surface area contributed by atoms with Crippen LogP contribution >= 0.6 is 0 Å². The number of nitrogens with one attached hydrogen (secondary N) is 2. The molecule has 0 saturated heterocycles. The van der Waals surface area contributed by atoms with Gasteiger partial charge in [0.05, 0.1) is 0 Å². The molecule has 0 spiro atoms. The van der Waals surface area contributed by atoms with Crippen LogP contribution in [-0.4, -0.2) is 22.0 Å². The van der Waals surface area contributed by atoms with Gasteiger partial charge in [0, 0.05) is 13.1 Å². The summed E-state index contributed by atoms with van der Waals surface area (Å²) in [6.45, 7) is 2.79. The van der Waals surface area contributed by atoms with E-state index in [1.165, 1.54) is 12.1 Å². The van der Waals surface area contributed by atoms with Crippen LogP contribution in [0.2, 0.25) is 0 Å². The van der Waals surface area contributed by atoms with Crippen LogP contribution in [0.5, 0.6) is 0 Å². The highest BCUT2D eigenvalue weighted by atomic mass is 32.2. The van der Waals surface area contributed by atoms with E-state index in [1.807, 2.05) is 6.92 Å². The zero-order valence-electron chi connectivity index (χ0n) is 10.7. The van der Waals surface area contributed by atoms with Gasteiger partial charge in [-0.15, -0.1) is 0 Å². The summed E-state index contributed by atoms with van der Waals surface area (Å²) in [6, 6.07) is 4.15. The highest BCUT2D eigenvalue weighted by Gasteiger charge is 2.18. The molecular formula is C12H19FN2O2S. The first kappa shape index (κ1) is 15.1. The maximum Gasteiger partial charge on any atom is 0.243 e. The smallest absolute Gasteiger partial charge is 0.243 e. The van der Waals surface area contributed by atoms with Crippen LogP contribution in [0, 0.1) is 5.82 Å². The van der Waals surface area contributed by atoms with E-state index in [0.29, 0.717) is 18.7 Å². The Bertz CT molecular complexity index is 489. The summed E-state index contributed by atoms with van der Waals surface area (Å²) in [5, 5.41) is 2.88. The van der Waals surface area contributed by atoms with E-state index in [2.05, 4.69) is 10.0 Å². The SMILES string of the molecule is CCCCNS(=O)(=O)c1ccc(CNC)cc1F. The molecule has 0 heterocycles. The monoisotopic (exact) mass is 274 g/mol. The van der Waals surface area contributed by atoms with E-state index >= 15 is 0 Å². The van der Waals surface area contributed by atoms with Crippen LogP contribution in [-0.2, 0) is 16.6 Å². The van der Waals surface area contributed by atoms with Gasteiger partial charge in [0.2, 0.25) is 10.0 Å². The van der Waals surface area contributed by atoms with Crippen molar-refractivity contribution >= 4 is 10.0 Å². The van der Waals surface area contributed by atoms with Gasteiger partial charge in [-0.25, -0.2) is 17.5 Å². The van der Waals surface area contributed by atoms with Crippen molar-refractivity contribution in [3.8, 4) is 0 Å². The molecule has 2 N–H and O–H groups in total. The topological polar surface area (TPSA) is 58.2 Å². The Kier molecular flexibility index (Phi) is 5.71. The number of sulfonamides is 1. The Labute approximate surface area is 108 Å². The minimum atomic E-state index is -3.74. The fourth-order valence-electron chi connectivity index (χ4n) is 1.54. The number of rotatable bonds is 7. The van der Waals surface area contributed by atoms with Gasteiger partial charge in [0.1, 0.15) is 10.7 Å². The molecule has 6 heteroatoms. The fourth-order valence-corrected chi connectivity index (χ4v) is 2.67. The second kappa shape index (κ2) is 6.82. The van der Waals surface area contributed by atoms with Crippen molar-refractivity contribution in [1.29, 1.82) is 0 Å². The minimum Gasteiger partial charge on any atom is -0.316 e. The van der Waals surface area contributed by atoms with Crippen molar-refractivity contribution in [3.63, 3.8) is 0 Å². The zero-order chi connectivity index (χ0) is 13.6. The Balaban J connectivity index is 2.88. The Morgan fingerprint density at radius 3 is 2.61 bits per heavy atom. The average Bonchev–Trinajstić information content (AvgIpc) is 2.29. The number of hydrogen-bond donors (Lipinski definition) is 2. The Morgan fingerprint density at radius 1 is 1.33 bits per heavy atom. The molecule has 0 amide bonds. The van der Waals surface area contributed by atoms with Gasteiger partial charge in [0.25, 0.3) is 0 Å². The standard InChI is InChI=1S/C12H19FN2O2S/c1-3-4-7-15-18(16,17)12-6-5-10(9-14-2)8-11(12)13/h5-6,8,14-15H,3-4,7,9H2,1-2H3. The molecule has 0 radical (unpaired) electrons. The summed E-state index contributed by atoms with van der Waals surface area (Å²) in [5.41, 5.74) is 0.711. The third-order valence-electron chi connectivity index (χ3n) is 2.49. The average molecular weight is 274 g/mol. The molecule has 1 rings (SSSR count). The van der Waals surface area contributed by atoms with Gasteiger partial charge in [0.15, 0.2) is 0 Å². The molecule has 18 heavy (non-hydrogen) atoms. The van der Waals surface area contributed by atoms with E-state index in [1.54, 1.807) is 13.1 Å². The lowest BCUT2D eigenvalue weighted by molar-refractivity contribution is 0.554. The largest absolute Gasteiger partial charge is 0.316 e. The molecule has 0 saturated carbocycles. The summed E-state index contributed by atoms with van der Waals surface area (Å²) in [6.07, 6.45) is 1.62. The molecule has 4 nitrogen and oxygen atoms in total. The van der Waals surface area contributed by atoms with Gasteiger partial charge in [-0.2, -0.15) is 0 Å². The highest BCUT2D eigenvalue weighted by Crippen LogP contribution is 2.16. The van der Waals surface area contributed by atoms with E-state index in [4.69, 9.17) is 0 Å². The maximum absolute atomic E-state index is 13.7. The highest BCUT2D eigenvalue weighted by molar-refractivity contribution is 7.89. The molecule has 102 valence electrons. The number of benzene rings is 1. The van der Waals surface area contributed by atoms with Crippen LogP contribution in [0.3, 0.4) is 0 Å². The van der Waals surface area contributed by atoms with E-state index in [9.17, 15) is 12.8 Å². The van der Waals surface area contributed by atoms with Gasteiger partial charge in [-0.05, 0) is 31.2 Å². The first-order valence-corrected chi connectivity index (χ1v) is 7.42. The lowest BCUT2D eigenvalue weighted by Crippen LogP contribution is -2.25. The molecule has 0 atom stereocenters. The van der Waals surface area contributed by atoms with Gasteiger partial charge in [-0.1, -0.05) is 19.4 Å². The predicted octanol–water partition coefficient (Wildman–Crippen LogP) is 1.62. The second-order valence-electron chi connectivity index (χ2n) is 4.05. The second-order valence-corrected chi connectivity index (χ2v) is 5.78. The van der Waals surface area contributed by atoms with Gasteiger partial charge in [-0.3, -0.25) is 0 Å². The van der Waals surface area contributed by atoms with Crippen molar-refractivity contribution in [2.75, 3.05) is 13.6 Å². The third-order valence-corrected chi connectivity index (χ3v) is 3.98. The molecule has 1 aromatic carbocycles. The molecule has 0 aliphatic rings. The quantitative estimate of drug-likeness (QED) is 0.743. The Morgan fingerprint density at radius 2 is 2.06 bits per heavy atom. The lowest BCUT2D eigenvalue weighted by atomic mass is 10.2. The molecule has 0 unspecified atom stereocenters. The summed E-state index contributed by atoms with van der Waals surface area (Å²) < 4.78 is 39.8. The maximum atomic E-state index is 13.7. The molecule has 0 fully saturated rings. The lowest BCUT2D eigenvalue weighted by Gasteiger charge is -2.08. The van der Waals surface area contributed by atoms with Crippen LogP contribution in [0.1, 0.15) is 25.3 Å². The van der Waals surface area contributed by atoms with Crippen molar-refractivity contribution in [2.24, 2.45) is 0 Å². The first-order chi connectivity index (χ1) is 8.51. The first-order valence-electron chi connectivity index (χ1n) is 5.94. The van der Waals surface area contributed by atoms with Crippen LogP contribution < -0.4 is 10.0 Å². The van der Waals surface area contributed by atoms with Crippen molar-refractivity contribution < 1.29 is 12.8 Å². The normalized spacial score (nSPS) is 11.7. The van der Waals surface area contributed by atoms with Crippen molar-refractivity contribution in [2.45, 2.75) is 31.2 Å². The van der Waals surface area contributed by atoms with Crippen molar-refractivity contribution in [1.82, 2.24) is 10.0 Å². The third kappa shape index (κ3) is 4.04. The summed E-state index contributed by atoms with van der Waals surface area (Å²) in [7, 11) is -2.00. The molecule has 0 aromatic heterocycles. The Hall–Kier alpha value is -0.980. The fraction of sp³-hybridized carbons (Fsp3) is 0.500. The van der Waals surface area contributed by atoms with Crippen LogP contribution in [0.25, 0.3) is 0 Å². The van der Waals surface area contributed by atoms with E-state index in [-0.39, 0.29) is 4.90 Å². The minimum absolute atomic E-state index is 0.293. The number of hydrogen-bond acceptors (Lipinski definition) is 3. The molecule has 0 bridgehead atoms.